The van der Waals surface area contributed by atoms with E-state index in [-0.39, 0.29) is 103 Å². The van der Waals surface area contributed by atoms with Crippen LogP contribution in [0.4, 0.5) is 0 Å². The van der Waals surface area contributed by atoms with E-state index >= 15 is 0 Å². The van der Waals surface area contributed by atoms with E-state index in [1.54, 1.807) is 99.6 Å². The van der Waals surface area contributed by atoms with Crippen molar-refractivity contribution < 1.29 is 102 Å². The van der Waals surface area contributed by atoms with Crippen LogP contribution in [-0.2, 0) is 99.1 Å². The summed E-state index contributed by atoms with van der Waals surface area (Å²) in [7, 11) is 0. The van der Waals surface area contributed by atoms with Crippen molar-refractivity contribution in [2.45, 2.75) is 315 Å². The van der Waals surface area contributed by atoms with Crippen LogP contribution in [0.15, 0.2) is 42.9 Å². The van der Waals surface area contributed by atoms with Crippen LogP contribution in [0.5, 0.6) is 0 Å². The molecular weight excluding hydrogens is 1720 g/mol. The van der Waals surface area contributed by atoms with Crippen molar-refractivity contribution >= 4 is 112 Å². The van der Waals surface area contributed by atoms with Gasteiger partial charge in [0.25, 0.3) is 0 Å². The van der Waals surface area contributed by atoms with Crippen LogP contribution in [-0.4, -0.2) is 300 Å². The topological polar surface area (TPSA) is 703 Å². The molecule has 0 aliphatic carbocycles. The molecule has 0 saturated carbocycles. The number of likely N-dealkylation sites (tertiary alicyclic amines) is 3. The van der Waals surface area contributed by atoms with Gasteiger partial charge < -0.3 is 132 Å². The molecule has 3 aliphatic rings. The number of hydrogen-bond donors (Lipinski definition) is 23. The van der Waals surface area contributed by atoms with Crippen molar-refractivity contribution in [3.05, 3.63) is 54.1 Å². The third-order valence-corrected chi connectivity index (χ3v) is 23.4. The fraction of sp³-hybridized carbons (Fsp3) is 0.678. The number of aromatic amines is 1. The first-order valence-electron chi connectivity index (χ1n) is 45.4. The molecule has 1 aromatic heterocycles. The monoisotopic (exact) mass is 1860 g/mol. The molecule has 5 rings (SSSR count). The van der Waals surface area contributed by atoms with Gasteiger partial charge in [-0.15, -0.1) is 0 Å². The lowest BCUT2D eigenvalue weighted by molar-refractivity contribution is -0.151. The highest BCUT2D eigenvalue weighted by atomic mass is 16.4. The summed E-state index contributed by atoms with van der Waals surface area (Å²) in [5, 5.41) is 76.0. The second kappa shape index (κ2) is 53.5. The highest BCUT2D eigenvalue weighted by Gasteiger charge is 2.47. The number of nitrogens with zero attached hydrogens (tertiary/aromatic N) is 4. The fourth-order valence-electron chi connectivity index (χ4n) is 15.6. The predicted octanol–water partition coefficient (Wildman–Crippen LogP) is -4.99. The second-order valence-corrected chi connectivity index (χ2v) is 35.8. The summed E-state index contributed by atoms with van der Waals surface area (Å²) in [5.41, 5.74) is 23.5. The minimum absolute atomic E-state index is 0.0239. The minimum Gasteiger partial charge on any atom is -0.480 e. The molecule has 0 radical (unpaired) electrons. The van der Waals surface area contributed by atoms with Gasteiger partial charge in [-0.05, 0) is 146 Å². The van der Waals surface area contributed by atoms with Crippen molar-refractivity contribution in [3.63, 3.8) is 0 Å². The van der Waals surface area contributed by atoms with E-state index in [2.05, 4.69) is 84.4 Å². The first-order chi connectivity index (χ1) is 62.1. The molecule has 20 atom stereocenters. The Kier molecular flexibility index (Phi) is 44.8. The van der Waals surface area contributed by atoms with Crippen molar-refractivity contribution in [2.24, 2.45) is 52.5 Å². The smallest absolute Gasteiger partial charge is 0.326 e. The number of rotatable bonds is 53. The number of carboxylic acid groups (broad SMARTS) is 1. The number of carbonyl (C=O) groups is 18. The van der Waals surface area contributed by atoms with Crippen LogP contribution >= 0.6 is 0 Å². The maximum absolute atomic E-state index is 14.9. The van der Waals surface area contributed by atoms with Gasteiger partial charge in [0.2, 0.25) is 100 Å². The molecule has 0 spiro atoms. The molecule has 3 fully saturated rings. The van der Waals surface area contributed by atoms with Gasteiger partial charge in [-0.3, -0.25) is 86.9 Å². The fourth-order valence-corrected chi connectivity index (χ4v) is 15.6. The predicted molar refractivity (Wildman–Crippen MR) is 481 cm³/mol. The summed E-state index contributed by atoms with van der Waals surface area (Å²) < 4.78 is 0. The van der Waals surface area contributed by atoms with E-state index < -0.39 is 257 Å². The molecule has 0 bridgehead atoms. The third-order valence-electron chi connectivity index (χ3n) is 23.4. The van der Waals surface area contributed by atoms with Gasteiger partial charge in [-0.2, -0.15) is 0 Å². The van der Waals surface area contributed by atoms with E-state index in [0.29, 0.717) is 43.5 Å². The van der Waals surface area contributed by atoms with Crippen molar-refractivity contribution in [3.8, 4) is 0 Å². The van der Waals surface area contributed by atoms with Gasteiger partial charge in [0.1, 0.15) is 96.7 Å². The standard InChI is InChI=1S/C87H142N24O21/c1-15-47(10)67(82(127)105-66(46(8)9)81(126)108-69(51(14)113)84(129)110-35-23-29-60(110)77(122)97-54(28-21-33-94-87(91)92)72(117)107-68(50(13)112)85(130)111-36-24-31-62(111)86(131)132)106-76(121)59(40-63(90)114)99-71(116)49(12)96-73(118)57(38-52-25-17-16-18-26-52)101-74(119)56(37-43(2)3)100-75(120)58(39-53-41-93-42-95-53)102-79(124)64(44(4)5)104-80(125)65(45(6)7)103-78(123)61-30-22-34-109(61)83(128)55(27-19-20-32-88)98-70(115)48(11)89/h16-18,25-26,41-51,54-62,64-69,112-113H,15,19-24,27-40,88-89H2,1-14H3,(H2,90,114)(H,93,95)(H,96,118)(H,97,122)(H,98,115)(H,99,116)(H,100,120)(H,101,119)(H,102,124)(H,103,123)(H,104,125)(H,105,127)(H,106,121)(H,107,117)(H,108,126)(H,131,132)(H4,91,92,94)/t47?,48-,49+,50?,51?,54+,55+,56+,57+,58+,59+,60+,61+,62+,64+,65+,66+,67+,68+,69+/m1/s1. The number of H-pyrrole nitrogens is 1. The molecule has 45 heteroatoms. The maximum Gasteiger partial charge on any atom is 0.326 e. The summed E-state index contributed by atoms with van der Waals surface area (Å²) in [6.07, 6.45) is 1.13. The Hall–Kier alpha value is -12.0. The molecular formula is C87H142N24O21. The maximum atomic E-state index is 14.9. The lowest BCUT2D eigenvalue weighted by Gasteiger charge is -2.33. The molecule has 132 heavy (non-hydrogen) atoms. The van der Waals surface area contributed by atoms with Gasteiger partial charge in [0.15, 0.2) is 5.96 Å². The number of aliphatic hydroxyl groups is 2. The first kappa shape index (κ1) is 111. The summed E-state index contributed by atoms with van der Waals surface area (Å²) >= 11 is 0. The number of primary amides is 1. The quantitative estimate of drug-likeness (QED) is 0.0168. The Labute approximate surface area is 769 Å². The Morgan fingerprint density at radius 1 is 0.470 bits per heavy atom. The van der Waals surface area contributed by atoms with Crippen LogP contribution in [0, 0.1) is 35.0 Å². The number of carbonyl (C=O) groups excluding carboxylic acids is 17. The van der Waals surface area contributed by atoms with Crippen molar-refractivity contribution in [1.29, 1.82) is 5.41 Å². The number of benzene rings is 1. The SMILES string of the molecule is CCC(C)[C@H](NC(=O)[C@H](CC(N)=O)NC(=O)[C@H](C)NC(=O)[C@H](Cc1ccccc1)NC(=O)[C@H](CC(C)C)NC(=O)[C@H](Cc1c[nH]cn1)NC(=O)[C@@H](NC(=O)[C@@H](NC(=O)[C@@H]1CCCN1C(=O)[C@H](CCCCN)NC(=O)[C@@H](C)N)C(C)C)C(C)C)C(=O)N[C@H](C(=O)N[C@H](C(=O)N1CCC[C@H]1C(=O)N[C@@H](CCCNC(=N)N)C(=O)N[C@H](C(=O)N1CCC[C@H]1C(=O)O)C(C)O)C(C)O)C(C)C. The highest BCUT2D eigenvalue weighted by Crippen LogP contribution is 2.26. The first-order valence-corrected chi connectivity index (χ1v) is 45.4. The number of amides is 17. The number of aliphatic carboxylic acids is 1. The van der Waals surface area contributed by atoms with E-state index in [1.807, 2.05) is 0 Å². The number of carboxylic acids is 1. The molecule has 3 unspecified atom stereocenters. The molecule has 1 aromatic carbocycles. The van der Waals surface area contributed by atoms with Crippen LogP contribution < -0.4 is 97.4 Å². The zero-order valence-electron chi connectivity index (χ0n) is 78.0. The molecule has 2 aromatic rings. The molecule has 736 valence electrons. The number of nitrogens with one attached hydrogen (secondary N) is 16. The van der Waals surface area contributed by atoms with Crippen molar-refractivity contribution in [2.75, 3.05) is 32.7 Å². The Morgan fingerprint density at radius 2 is 0.894 bits per heavy atom. The molecule has 3 aliphatic heterocycles. The van der Waals surface area contributed by atoms with Gasteiger partial charge in [0.05, 0.1) is 36.7 Å². The zero-order chi connectivity index (χ0) is 98.8. The summed E-state index contributed by atoms with van der Waals surface area (Å²) in [5.74, 6) is -19.7. The van der Waals surface area contributed by atoms with Gasteiger partial charge in [-0.25, -0.2) is 9.78 Å². The van der Waals surface area contributed by atoms with Crippen LogP contribution in [0.3, 0.4) is 0 Å². The number of unbranched alkanes of at least 4 members (excludes halogenated alkanes) is 1. The lowest BCUT2D eigenvalue weighted by atomic mass is 9.95. The normalized spacial score (nSPS) is 18.8. The van der Waals surface area contributed by atoms with Crippen molar-refractivity contribution in [1.82, 2.24) is 99.1 Å². The molecule has 27 N–H and O–H groups in total. The minimum atomic E-state index is -1.83. The Bertz CT molecular complexity index is 4290. The second-order valence-electron chi connectivity index (χ2n) is 35.8. The number of guanidine groups is 1. The van der Waals surface area contributed by atoms with Gasteiger partial charge in [0, 0.05) is 45.2 Å². The largest absolute Gasteiger partial charge is 0.480 e. The average molecular weight is 1860 g/mol. The molecule has 4 heterocycles. The van der Waals surface area contributed by atoms with E-state index in [4.69, 9.17) is 28.3 Å². The average Bonchev–Trinajstić information content (AvgIpc) is 1.64. The summed E-state index contributed by atoms with van der Waals surface area (Å²) in [6, 6.07) is -15.5. The third kappa shape index (κ3) is 33.7. The van der Waals surface area contributed by atoms with E-state index in [0.717, 1.165) is 9.80 Å². The summed E-state index contributed by atoms with van der Waals surface area (Å²) in [6.45, 7) is 22.1. The summed E-state index contributed by atoms with van der Waals surface area (Å²) in [4.78, 5) is 264. The van der Waals surface area contributed by atoms with E-state index in [9.17, 15) is 102 Å². The van der Waals surface area contributed by atoms with Gasteiger partial charge in [-0.1, -0.05) is 106 Å². The molecule has 17 amide bonds. The Morgan fingerprint density at radius 3 is 1.39 bits per heavy atom. The van der Waals surface area contributed by atoms with Gasteiger partial charge >= 0.3 is 5.97 Å². The van der Waals surface area contributed by atoms with Crippen LogP contribution in [0.1, 0.15) is 198 Å². The number of nitrogens with two attached hydrogens (primary N) is 4. The highest BCUT2D eigenvalue weighted by molar-refractivity contribution is 6.02. The number of hydrogen-bond acceptors (Lipinski definition) is 24. The zero-order valence-corrected chi connectivity index (χ0v) is 78.0. The number of imidazole rings is 1. The van der Waals surface area contributed by atoms with Crippen LogP contribution in [0.25, 0.3) is 0 Å². The van der Waals surface area contributed by atoms with Crippen LogP contribution in [0.2, 0.25) is 0 Å². The Balaban J connectivity index is 1.30. The number of aliphatic hydroxyl groups excluding tert-OH is 2. The number of aromatic nitrogens is 2. The molecule has 3 saturated heterocycles. The molecule has 45 nitrogen and oxygen atoms in total. The lowest BCUT2D eigenvalue weighted by Crippen LogP contribution is -2.63. The van der Waals surface area contributed by atoms with E-state index in [1.165, 1.54) is 45.1 Å².